The summed E-state index contributed by atoms with van der Waals surface area (Å²) in [5.74, 6) is -0.0221. The number of nitrogens with zero attached hydrogens (tertiary/aromatic N) is 1. The molecule has 0 saturated carbocycles. The van der Waals surface area contributed by atoms with Gasteiger partial charge in [-0.15, -0.1) is 0 Å². The minimum absolute atomic E-state index is 0.185. The van der Waals surface area contributed by atoms with E-state index in [4.69, 9.17) is 28.9 Å². The zero-order valence-corrected chi connectivity index (χ0v) is 14.0. The Bertz CT molecular complexity index is 879. The highest BCUT2D eigenvalue weighted by Crippen LogP contribution is 2.30. The van der Waals surface area contributed by atoms with E-state index in [9.17, 15) is 4.79 Å². The molecule has 0 aliphatic rings. The lowest BCUT2D eigenvalue weighted by molar-refractivity contribution is 0.104. The molecular formula is C16H11Cl2N3OS. The molecule has 1 heterocycles. The first kappa shape index (κ1) is 15.8. The smallest absolute Gasteiger partial charge is 0.206 e. The molecule has 4 nitrogen and oxygen atoms in total. The SMILES string of the molecule is Nc1nc(Nc2cccc(Cl)c2)sc1C(=O)c1cccc(Cl)c1. The first-order valence-electron chi connectivity index (χ1n) is 6.62. The van der Waals surface area contributed by atoms with Crippen LogP contribution in [-0.2, 0) is 0 Å². The van der Waals surface area contributed by atoms with Crippen molar-refractivity contribution in [3.05, 3.63) is 69.0 Å². The number of ketones is 1. The summed E-state index contributed by atoms with van der Waals surface area (Å²) >= 11 is 13.1. The summed E-state index contributed by atoms with van der Waals surface area (Å²) in [4.78, 5) is 17.1. The summed E-state index contributed by atoms with van der Waals surface area (Å²) in [5.41, 5.74) is 7.13. The summed E-state index contributed by atoms with van der Waals surface area (Å²) in [5, 5.41) is 4.71. The van der Waals surface area contributed by atoms with E-state index in [1.165, 1.54) is 11.3 Å². The fourth-order valence-electron chi connectivity index (χ4n) is 2.00. The summed E-state index contributed by atoms with van der Waals surface area (Å²) in [6, 6.07) is 13.9. The Morgan fingerprint density at radius 3 is 2.48 bits per heavy atom. The molecule has 0 amide bonds. The molecule has 0 aliphatic carbocycles. The highest BCUT2D eigenvalue weighted by Gasteiger charge is 2.18. The molecule has 0 aliphatic heterocycles. The third-order valence-corrected chi connectivity index (χ3v) is 4.48. The van der Waals surface area contributed by atoms with E-state index in [1.807, 2.05) is 12.1 Å². The van der Waals surface area contributed by atoms with Gasteiger partial charge >= 0.3 is 0 Å². The van der Waals surface area contributed by atoms with E-state index in [0.717, 1.165) is 5.69 Å². The van der Waals surface area contributed by atoms with Gasteiger partial charge in [-0.2, -0.15) is 0 Å². The number of carbonyl (C=O) groups excluding carboxylic acids is 1. The molecule has 0 bridgehead atoms. The molecule has 0 unspecified atom stereocenters. The molecule has 0 spiro atoms. The number of anilines is 3. The maximum Gasteiger partial charge on any atom is 0.206 e. The molecule has 0 saturated heterocycles. The molecule has 0 fully saturated rings. The molecule has 0 atom stereocenters. The van der Waals surface area contributed by atoms with Crippen LogP contribution in [0.4, 0.5) is 16.6 Å². The Morgan fingerprint density at radius 1 is 1.09 bits per heavy atom. The van der Waals surface area contributed by atoms with Gasteiger partial charge in [-0.1, -0.05) is 52.7 Å². The summed E-state index contributed by atoms with van der Waals surface area (Å²) in [6.07, 6.45) is 0. The number of benzene rings is 2. The van der Waals surface area contributed by atoms with Crippen LogP contribution in [0, 0.1) is 0 Å². The second kappa shape index (κ2) is 6.58. The van der Waals surface area contributed by atoms with Crippen LogP contribution in [-0.4, -0.2) is 10.8 Å². The predicted octanol–water partition coefficient (Wildman–Crippen LogP) is 5.01. The van der Waals surface area contributed by atoms with Crippen molar-refractivity contribution in [3.8, 4) is 0 Å². The van der Waals surface area contributed by atoms with Gasteiger partial charge < -0.3 is 11.1 Å². The van der Waals surface area contributed by atoms with Crippen LogP contribution in [0.15, 0.2) is 48.5 Å². The number of nitrogens with two attached hydrogens (primary N) is 1. The van der Waals surface area contributed by atoms with Crippen molar-refractivity contribution < 1.29 is 4.79 Å². The Hall–Kier alpha value is -2.08. The van der Waals surface area contributed by atoms with Crippen LogP contribution in [0.3, 0.4) is 0 Å². The van der Waals surface area contributed by atoms with E-state index < -0.39 is 0 Å². The maximum atomic E-state index is 12.5. The molecule has 23 heavy (non-hydrogen) atoms. The van der Waals surface area contributed by atoms with Crippen LogP contribution in [0.5, 0.6) is 0 Å². The van der Waals surface area contributed by atoms with Crippen LogP contribution in [0.25, 0.3) is 0 Å². The Labute approximate surface area is 146 Å². The van der Waals surface area contributed by atoms with Gasteiger partial charge in [-0.05, 0) is 30.3 Å². The van der Waals surface area contributed by atoms with Crippen LogP contribution >= 0.6 is 34.5 Å². The van der Waals surface area contributed by atoms with Crippen molar-refractivity contribution in [2.45, 2.75) is 0 Å². The average Bonchev–Trinajstić information content (AvgIpc) is 2.87. The largest absolute Gasteiger partial charge is 0.382 e. The number of thiazole rings is 1. The van der Waals surface area contributed by atoms with Crippen LogP contribution < -0.4 is 11.1 Å². The lowest BCUT2D eigenvalue weighted by Crippen LogP contribution is -2.02. The fourth-order valence-corrected chi connectivity index (χ4v) is 3.25. The second-order valence-corrected chi connectivity index (χ2v) is 6.58. The number of hydrogen-bond donors (Lipinski definition) is 2. The van der Waals surface area contributed by atoms with Gasteiger partial charge in [0, 0.05) is 21.3 Å². The van der Waals surface area contributed by atoms with Crippen LogP contribution in [0.1, 0.15) is 15.2 Å². The standard InChI is InChI=1S/C16H11Cl2N3OS/c17-10-4-1-3-9(7-10)13(22)14-15(19)21-16(23-14)20-12-6-2-5-11(18)8-12/h1-8H,19H2,(H,20,21). The van der Waals surface area contributed by atoms with Crippen molar-refractivity contribution in [2.75, 3.05) is 11.1 Å². The van der Waals surface area contributed by atoms with Crippen LogP contribution in [0.2, 0.25) is 10.0 Å². The minimum Gasteiger partial charge on any atom is -0.382 e. The zero-order chi connectivity index (χ0) is 16.4. The molecule has 7 heteroatoms. The monoisotopic (exact) mass is 363 g/mol. The Morgan fingerprint density at radius 2 is 1.78 bits per heavy atom. The van der Waals surface area contributed by atoms with Gasteiger partial charge in [0.2, 0.25) is 5.78 Å². The summed E-state index contributed by atoms with van der Waals surface area (Å²) in [6.45, 7) is 0. The maximum absolute atomic E-state index is 12.5. The fraction of sp³-hybridized carbons (Fsp3) is 0. The summed E-state index contributed by atoms with van der Waals surface area (Å²) < 4.78 is 0. The minimum atomic E-state index is -0.207. The molecule has 3 rings (SSSR count). The third kappa shape index (κ3) is 3.64. The molecule has 3 aromatic rings. The first-order valence-corrected chi connectivity index (χ1v) is 8.19. The number of nitrogens with one attached hydrogen (secondary N) is 1. The molecule has 2 aromatic carbocycles. The Balaban J connectivity index is 1.87. The lowest BCUT2D eigenvalue weighted by Gasteiger charge is -2.01. The highest BCUT2D eigenvalue weighted by atomic mass is 35.5. The quantitative estimate of drug-likeness (QED) is 0.639. The molecular weight excluding hydrogens is 353 g/mol. The Kier molecular flexibility index (Phi) is 4.52. The average molecular weight is 364 g/mol. The molecule has 1 aromatic heterocycles. The summed E-state index contributed by atoms with van der Waals surface area (Å²) in [7, 11) is 0. The number of aromatic nitrogens is 1. The predicted molar refractivity (Wildman–Crippen MR) is 96.1 cm³/mol. The number of halogens is 2. The van der Waals surface area contributed by atoms with Crippen molar-refractivity contribution in [1.82, 2.24) is 4.98 Å². The van der Waals surface area contributed by atoms with Crippen molar-refractivity contribution in [3.63, 3.8) is 0 Å². The van der Waals surface area contributed by atoms with Gasteiger partial charge in [-0.3, -0.25) is 4.79 Å². The van der Waals surface area contributed by atoms with Gasteiger partial charge in [0.25, 0.3) is 0 Å². The normalized spacial score (nSPS) is 10.5. The first-order chi connectivity index (χ1) is 11.0. The third-order valence-electron chi connectivity index (χ3n) is 3.02. The van der Waals surface area contributed by atoms with Crippen molar-refractivity contribution in [2.24, 2.45) is 0 Å². The second-order valence-electron chi connectivity index (χ2n) is 4.71. The number of hydrogen-bond acceptors (Lipinski definition) is 5. The van der Waals surface area contributed by atoms with E-state index in [2.05, 4.69) is 10.3 Å². The van der Waals surface area contributed by atoms with E-state index in [1.54, 1.807) is 36.4 Å². The molecule has 3 N–H and O–H groups in total. The van der Waals surface area contributed by atoms with Gasteiger partial charge in [0.05, 0.1) is 0 Å². The van der Waals surface area contributed by atoms with Gasteiger partial charge in [0.15, 0.2) is 5.13 Å². The van der Waals surface area contributed by atoms with Gasteiger partial charge in [-0.25, -0.2) is 4.98 Å². The highest BCUT2D eigenvalue weighted by molar-refractivity contribution is 7.18. The van der Waals surface area contributed by atoms with Crippen molar-refractivity contribution >= 4 is 57.0 Å². The molecule has 116 valence electrons. The van der Waals surface area contributed by atoms with E-state index in [-0.39, 0.29) is 11.6 Å². The zero-order valence-electron chi connectivity index (χ0n) is 11.7. The van der Waals surface area contributed by atoms with E-state index in [0.29, 0.717) is 25.6 Å². The van der Waals surface area contributed by atoms with Crippen molar-refractivity contribution in [1.29, 1.82) is 0 Å². The number of carbonyl (C=O) groups is 1. The topological polar surface area (TPSA) is 68.0 Å². The van der Waals surface area contributed by atoms with Gasteiger partial charge in [0.1, 0.15) is 10.7 Å². The molecule has 0 radical (unpaired) electrons. The number of rotatable bonds is 4. The number of nitrogen functional groups attached to an aromatic ring is 1. The van der Waals surface area contributed by atoms with E-state index >= 15 is 0 Å². The lowest BCUT2D eigenvalue weighted by atomic mass is 10.1.